The van der Waals surface area contributed by atoms with E-state index in [1.165, 1.54) is 11.8 Å². The number of benzene rings is 1. The van der Waals surface area contributed by atoms with Gasteiger partial charge in [0.2, 0.25) is 17.7 Å². The molecule has 0 fully saturated rings. The third-order valence-electron chi connectivity index (χ3n) is 5.73. The Kier molecular flexibility index (Phi) is 15.8. The summed E-state index contributed by atoms with van der Waals surface area (Å²) in [4.78, 5) is 65.8. The van der Waals surface area contributed by atoms with E-state index in [2.05, 4.69) is 20.9 Å². The number of aliphatic carboxylic acids is 2. The molecule has 14 nitrogen and oxygen atoms in total. The number of carbonyl (C=O) groups is 5. The minimum atomic E-state index is -1.39. The summed E-state index contributed by atoms with van der Waals surface area (Å²) in [5.41, 5.74) is 17.2. The summed E-state index contributed by atoms with van der Waals surface area (Å²) in [7, 11) is 0. The van der Waals surface area contributed by atoms with Gasteiger partial charge in [0, 0.05) is 19.4 Å². The number of amides is 3. The molecule has 0 radical (unpaired) electrons. The van der Waals surface area contributed by atoms with Crippen LogP contribution in [0.25, 0.3) is 0 Å². The van der Waals surface area contributed by atoms with E-state index in [1.807, 2.05) is 6.26 Å². The lowest BCUT2D eigenvalue weighted by molar-refractivity contribution is -0.143. The molecular weight excluding hydrogens is 542 g/mol. The number of rotatable bonds is 19. The van der Waals surface area contributed by atoms with Crippen LogP contribution in [0, 0.1) is 0 Å². The Bertz CT molecular complexity index is 1020. The molecule has 0 heterocycles. The monoisotopic (exact) mass is 581 g/mol. The first-order chi connectivity index (χ1) is 18.9. The van der Waals surface area contributed by atoms with Crippen LogP contribution in [-0.4, -0.2) is 88.6 Å². The smallest absolute Gasteiger partial charge is 0.326 e. The van der Waals surface area contributed by atoms with Gasteiger partial charge in [-0.2, -0.15) is 11.8 Å². The molecular formula is C25H39N7O7S. The number of hydrogen-bond donors (Lipinski definition) is 8. The fraction of sp³-hybridized carbons (Fsp3) is 0.520. The van der Waals surface area contributed by atoms with Crippen LogP contribution in [0.1, 0.15) is 37.7 Å². The lowest BCUT2D eigenvalue weighted by Gasteiger charge is -2.25. The SMILES string of the molecule is CSCCC(N)C(=O)NC(CCCN=C(N)N)C(=O)NC(CCC(=O)O)C(=O)NC(Cc1ccccc1)C(=O)O. The van der Waals surface area contributed by atoms with Crippen molar-refractivity contribution in [3.05, 3.63) is 35.9 Å². The van der Waals surface area contributed by atoms with Crippen molar-refractivity contribution in [2.24, 2.45) is 22.2 Å². The van der Waals surface area contributed by atoms with Crippen molar-refractivity contribution in [1.82, 2.24) is 16.0 Å². The van der Waals surface area contributed by atoms with Crippen molar-refractivity contribution in [2.75, 3.05) is 18.6 Å². The fourth-order valence-electron chi connectivity index (χ4n) is 3.56. The normalized spacial score (nSPS) is 13.7. The van der Waals surface area contributed by atoms with Crippen LogP contribution in [0.2, 0.25) is 0 Å². The van der Waals surface area contributed by atoms with E-state index in [0.29, 0.717) is 24.2 Å². The zero-order valence-corrected chi connectivity index (χ0v) is 23.2. The molecule has 0 aliphatic carbocycles. The van der Waals surface area contributed by atoms with Gasteiger partial charge in [-0.25, -0.2) is 4.79 Å². The van der Waals surface area contributed by atoms with Crippen molar-refractivity contribution in [3.63, 3.8) is 0 Å². The number of thioether (sulfide) groups is 1. The van der Waals surface area contributed by atoms with E-state index in [9.17, 15) is 29.1 Å². The van der Waals surface area contributed by atoms with Crippen LogP contribution in [0.4, 0.5) is 0 Å². The van der Waals surface area contributed by atoms with Crippen LogP contribution in [0.5, 0.6) is 0 Å². The van der Waals surface area contributed by atoms with Gasteiger partial charge in [0.05, 0.1) is 6.04 Å². The summed E-state index contributed by atoms with van der Waals surface area (Å²) in [6, 6.07) is 3.88. The zero-order valence-electron chi connectivity index (χ0n) is 22.4. The summed E-state index contributed by atoms with van der Waals surface area (Å²) in [6.45, 7) is 0.170. The number of nitrogens with two attached hydrogens (primary N) is 3. The largest absolute Gasteiger partial charge is 0.481 e. The highest BCUT2D eigenvalue weighted by Gasteiger charge is 2.30. The second-order valence-corrected chi connectivity index (χ2v) is 9.97. The number of carboxylic acids is 2. The Hall–Kier alpha value is -3.85. The standard InChI is InChI=1S/C25H39N7O7S/c1-40-13-11-16(26)21(35)30-17(8-5-12-29-25(27)28)22(36)31-18(9-10-20(33)34)23(37)32-19(24(38)39)14-15-6-3-2-4-7-15/h2-4,6-7,16-19H,5,8-14,26H2,1H3,(H,30,35)(H,31,36)(H,32,37)(H,33,34)(H,38,39)(H4,27,28,29). The zero-order chi connectivity index (χ0) is 30.1. The molecule has 0 aliphatic heterocycles. The summed E-state index contributed by atoms with van der Waals surface area (Å²) in [5.74, 6) is -4.25. The molecule has 1 rings (SSSR count). The van der Waals surface area contributed by atoms with E-state index in [-0.39, 0.29) is 31.8 Å². The average Bonchev–Trinajstić information content (AvgIpc) is 2.90. The van der Waals surface area contributed by atoms with Gasteiger partial charge in [-0.05, 0) is 43.3 Å². The van der Waals surface area contributed by atoms with Gasteiger partial charge < -0.3 is 43.4 Å². The molecule has 0 saturated heterocycles. The molecule has 0 spiro atoms. The second kappa shape index (κ2) is 18.4. The summed E-state index contributed by atoms with van der Waals surface area (Å²) in [6.07, 6.45) is 1.79. The molecule has 1 aromatic rings. The van der Waals surface area contributed by atoms with E-state index < -0.39 is 60.2 Å². The van der Waals surface area contributed by atoms with Crippen LogP contribution in [0.3, 0.4) is 0 Å². The maximum atomic E-state index is 13.2. The highest BCUT2D eigenvalue weighted by Crippen LogP contribution is 2.08. The number of hydrogen-bond acceptors (Lipinski definition) is 8. The molecule has 1 aromatic carbocycles. The van der Waals surface area contributed by atoms with Gasteiger partial charge >= 0.3 is 11.9 Å². The highest BCUT2D eigenvalue weighted by atomic mass is 32.2. The van der Waals surface area contributed by atoms with Crippen molar-refractivity contribution in [3.8, 4) is 0 Å². The molecule has 0 bridgehead atoms. The fourth-order valence-corrected chi connectivity index (χ4v) is 4.05. The quantitative estimate of drug-likeness (QED) is 0.0545. The lowest BCUT2D eigenvalue weighted by Crippen LogP contribution is -2.57. The third kappa shape index (κ3) is 13.8. The first-order valence-corrected chi connectivity index (χ1v) is 14.0. The molecule has 3 amide bonds. The van der Waals surface area contributed by atoms with Crippen molar-refractivity contribution < 1.29 is 34.2 Å². The Labute approximate surface area is 236 Å². The lowest BCUT2D eigenvalue weighted by atomic mass is 10.0. The molecule has 0 saturated carbocycles. The Morgan fingerprint density at radius 2 is 1.45 bits per heavy atom. The molecule has 4 atom stereocenters. The maximum Gasteiger partial charge on any atom is 0.326 e. The number of carboxylic acid groups (broad SMARTS) is 2. The van der Waals surface area contributed by atoms with E-state index in [1.54, 1.807) is 30.3 Å². The van der Waals surface area contributed by atoms with Gasteiger partial charge in [0.1, 0.15) is 18.1 Å². The highest BCUT2D eigenvalue weighted by molar-refractivity contribution is 7.98. The number of nitrogens with zero attached hydrogens (tertiary/aromatic N) is 1. The van der Waals surface area contributed by atoms with Crippen molar-refractivity contribution in [1.29, 1.82) is 0 Å². The van der Waals surface area contributed by atoms with Crippen LogP contribution >= 0.6 is 11.8 Å². The average molecular weight is 582 g/mol. The van der Waals surface area contributed by atoms with Gasteiger partial charge in [-0.15, -0.1) is 0 Å². The molecule has 0 aromatic heterocycles. The number of nitrogens with one attached hydrogen (secondary N) is 3. The minimum Gasteiger partial charge on any atom is -0.481 e. The van der Waals surface area contributed by atoms with Gasteiger partial charge in [0.15, 0.2) is 5.96 Å². The molecule has 40 heavy (non-hydrogen) atoms. The first-order valence-electron chi connectivity index (χ1n) is 12.6. The summed E-state index contributed by atoms with van der Waals surface area (Å²) >= 11 is 1.51. The number of guanidine groups is 1. The van der Waals surface area contributed by atoms with E-state index in [4.69, 9.17) is 22.3 Å². The maximum absolute atomic E-state index is 13.2. The molecule has 0 aliphatic rings. The van der Waals surface area contributed by atoms with Gasteiger partial charge in [0.25, 0.3) is 0 Å². The van der Waals surface area contributed by atoms with E-state index >= 15 is 0 Å². The molecule has 11 N–H and O–H groups in total. The van der Waals surface area contributed by atoms with Crippen LogP contribution in [-0.2, 0) is 30.4 Å². The topological polar surface area (TPSA) is 252 Å². The Balaban J connectivity index is 3.06. The second-order valence-electron chi connectivity index (χ2n) is 8.98. The van der Waals surface area contributed by atoms with Gasteiger partial charge in [-0.3, -0.25) is 24.2 Å². The molecule has 222 valence electrons. The Morgan fingerprint density at radius 3 is 2.00 bits per heavy atom. The number of carbonyl (C=O) groups excluding carboxylic acids is 3. The van der Waals surface area contributed by atoms with Gasteiger partial charge in [-0.1, -0.05) is 30.3 Å². The summed E-state index contributed by atoms with van der Waals surface area (Å²) < 4.78 is 0. The van der Waals surface area contributed by atoms with Crippen molar-refractivity contribution in [2.45, 2.75) is 62.7 Å². The van der Waals surface area contributed by atoms with E-state index in [0.717, 1.165) is 0 Å². The summed E-state index contributed by atoms with van der Waals surface area (Å²) in [5, 5.41) is 26.2. The Morgan fingerprint density at radius 1 is 0.875 bits per heavy atom. The first kappa shape index (κ1) is 34.2. The third-order valence-corrected chi connectivity index (χ3v) is 6.37. The van der Waals surface area contributed by atoms with Crippen LogP contribution in [0.15, 0.2) is 35.3 Å². The minimum absolute atomic E-state index is 0.0289. The predicted octanol–water partition coefficient (Wildman–Crippen LogP) is -1.23. The predicted molar refractivity (Wildman–Crippen MR) is 151 cm³/mol. The number of aliphatic imine (C=N–C) groups is 1. The molecule has 4 unspecified atom stereocenters. The molecule has 15 heteroatoms. The van der Waals surface area contributed by atoms with Crippen molar-refractivity contribution >= 4 is 47.4 Å². The van der Waals surface area contributed by atoms with Crippen LogP contribution < -0.4 is 33.2 Å².